The minimum atomic E-state index is -3.14. The lowest BCUT2D eigenvalue weighted by Gasteiger charge is -2.30. The number of nitrogens with zero attached hydrogens (tertiary/aromatic N) is 5. The second-order valence-corrected chi connectivity index (χ2v) is 11.2. The first-order valence-corrected chi connectivity index (χ1v) is 13.8. The zero-order valence-electron chi connectivity index (χ0n) is 20.3. The van der Waals surface area contributed by atoms with Crippen molar-refractivity contribution in [2.45, 2.75) is 24.9 Å². The van der Waals surface area contributed by atoms with E-state index in [1.165, 1.54) is 11.8 Å². The van der Waals surface area contributed by atoms with Gasteiger partial charge in [-0.15, -0.1) is 0 Å². The lowest BCUT2D eigenvalue weighted by atomic mass is 9.89. The predicted molar refractivity (Wildman–Crippen MR) is 134 cm³/mol. The van der Waals surface area contributed by atoms with Gasteiger partial charge in [-0.2, -0.15) is 0 Å². The topological polar surface area (TPSA) is 115 Å². The molecule has 190 valence electrons. The first-order valence-electron chi connectivity index (χ1n) is 12.0. The number of fused-ring (bicyclic) bond motifs is 1. The van der Waals surface area contributed by atoms with Crippen LogP contribution >= 0.6 is 0 Å². The summed E-state index contributed by atoms with van der Waals surface area (Å²) in [6.07, 6.45) is 5.37. The molecule has 0 aliphatic carbocycles. The summed E-state index contributed by atoms with van der Waals surface area (Å²) in [6, 6.07) is 10.0. The zero-order valence-corrected chi connectivity index (χ0v) is 21.1. The molecule has 4 heterocycles. The van der Waals surface area contributed by atoms with Gasteiger partial charge in [-0.1, -0.05) is 24.3 Å². The number of hydrogen-bond donors (Lipinski definition) is 0. The number of hydrogen-bond acceptors (Lipinski definition) is 8. The molecule has 0 spiro atoms. The van der Waals surface area contributed by atoms with Crippen molar-refractivity contribution in [1.29, 1.82) is 0 Å². The van der Waals surface area contributed by atoms with Crippen molar-refractivity contribution in [3.8, 4) is 17.1 Å². The van der Waals surface area contributed by atoms with Gasteiger partial charge in [0.25, 0.3) is 5.91 Å². The van der Waals surface area contributed by atoms with Crippen LogP contribution in [0.25, 0.3) is 22.3 Å². The van der Waals surface area contributed by atoms with E-state index in [1.54, 1.807) is 28.6 Å². The largest absolute Gasteiger partial charge is 0.473 e. The third-order valence-electron chi connectivity index (χ3n) is 6.79. The maximum absolute atomic E-state index is 12.4. The van der Waals surface area contributed by atoms with E-state index in [9.17, 15) is 13.2 Å². The van der Waals surface area contributed by atoms with Gasteiger partial charge in [-0.25, -0.2) is 22.7 Å². The van der Waals surface area contributed by atoms with Gasteiger partial charge in [0.05, 0.1) is 24.1 Å². The molecule has 0 N–H and O–H groups in total. The number of piperidine rings is 1. The number of pyridine rings is 1. The molecule has 2 aliphatic heterocycles. The molecule has 1 aromatic carbocycles. The second-order valence-electron chi connectivity index (χ2n) is 9.23. The highest BCUT2D eigenvalue weighted by Crippen LogP contribution is 2.32. The third-order valence-corrected chi connectivity index (χ3v) is 8.10. The Labute approximate surface area is 210 Å². The van der Waals surface area contributed by atoms with Crippen molar-refractivity contribution >= 4 is 27.0 Å². The lowest BCUT2D eigenvalue weighted by molar-refractivity contribution is -0.153. The molecule has 0 saturated carbocycles. The standard InChI is InChI=1S/C25H29N5O5S/c1-29-13-14-34-22(25(29)31)16-35-24-23-21(26-9-10-27-23)15-20(28-24)19-5-3-17(4-6-19)18-7-11-30(12-8-18)36(2,32)33/h3-6,9-10,15,18,22H,7-8,11-14,16H2,1-2H3. The van der Waals surface area contributed by atoms with Gasteiger partial charge in [-0.05, 0) is 30.4 Å². The molecule has 0 radical (unpaired) electrons. The Morgan fingerprint density at radius 3 is 2.53 bits per heavy atom. The van der Waals surface area contributed by atoms with Crippen LogP contribution in [-0.4, -0.2) is 90.7 Å². The molecule has 10 nitrogen and oxygen atoms in total. The summed E-state index contributed by atoms with van der Waals surface area (Å²) < 4.78 is 36.7. The van der Waals surface area contributed by atoms with Crippen LogP contribution in [0, 0.1) is 0 Å². The van der Waals surface area contributed by atoms with Crippen LogP contribution < -0.4 is 4.74 Å². The van der Waals surface area contributed by atoms with Crippen molar-refractivity contribution in [2.75, 3.05) is 46.2 Å². The molecule has 1 unspecified atom stereocenters. The number of carbonyl (C=O) groups excluding carboxylic acids is 1. The first kappa shape index (κ1) is 24.5. The maximum atomic E-state index is 12.4. The Balaban J connectivity index is 1.35. The van der Waals surface area contributed by atoms with Gasteiger partial charge >= 0.3 is 0 Å². The normalized spacial score (nSPS) is 20.1. The number of carbonyl (C=O) groups is 1. The maximum Gasteiger partial charge on any atom is 0.255 e. The number of aromatic nitrogens is 3. The average molecular weight is 512 g/mol. The molecule has 2 aliphatic rings. The highest BCUT2D eigenvalue weighted by atomic mass is 32.2. The molecule has 1 atom stereocenters. The van der Waals surface area contributed by atoms with Gasteiger partial charge < -0.3 is 14.4 Å². The Hall–Kier alpha value is -3.15. The summed E-state index contributed by atoms with van der Waals surface area (Å²) in [5.74, 6) is 0.501. The van der Waals surface area contributed by atoms with E-state index in [0.29, 0.717) is 54.8 Å². The van der Waals surface area contributed by atoms with Crippen molar-refractivity contribution in [3.05, 3.63) is 48.3 Å². The molecule has 2 fully saturated rings. The van der Waals surface area contributed by atoms with E-state index in [2.05, 4.69) is 22.1 Å². The summed E-state index contributed by atoms with van der Waals surface area (Å²) in [4.78, 5) is 27.5. The van der Waals surface area contributed by atoms with Gasteiger partial charge in [0, 0.05) is 44.6 Å². The van der Waals surface area contributed by atoms with E-state index in [4.69, 9.17) is 14.5 Å². The van der Waals surface area contributed by atoms with E-state index >= 15 is 0 Å². The second kappa shape index (κ2) is 10.1. The number of amides is 1. The monoisotopic (exact) mass is 511 g/mol. The molecule has 2 aromatic heterocycles. The van der Waals surface area contributed by atoms with Gasteiger partial charge in [0.15, 0.2) is 11.6 Å². The van der Waals surface area contributed by atoms with Crippen molar-refractivity contribution < 1.29 is 22.7 Å². The Morgan fingerprint density at radius 2 is 1.81 bits per heavy atom. The molecule has 3 aromatic rings. The van der Waals surface area contributed by atoms with Crippen molar-refractivity contribution in [2.24, 2.45) is 0 Å². The van der Waals surface area contributed by atoms with Gasteiger partial charge in [0.1, 0.15) is 6.61 Å². The molecular weight excluding hydrogens is 482 g/mol. The first-order chi connectivity index (χ1) is 17.3. The molecule has 1 amide bonds. The number of likely N-dealkylation sites (N-methyl/N-ethyl adjacent to an activating group) is 1. The van der Waals surface area contributed by atoms with E-state index < -0.39 is 16.1 Å². The quantitative estimate of drug-likeness (QED) is 0.494. The minimum absolute atomic E-state index is 0.0381. The van der Waals surface area contributed by atoms with Crippen LogP contribution in [0.4, 0.5) is 0 Å². The van der Waals surface area contributed by atoms with Crippen molar-refractivity contribution in [3.63, 3.8) is 0 Å². The minimum Gasteiger partial charge on any atom is -0.473 e. The SMILES string of the molecule is CN1CCOC(COc2nc(-c3ccc(C4CCN(S(C)(=O)=O)CC4)cc3)cc3nccnc23)C1=O. The van der Waals surface area contributed by atoms with Crippen LogP contribution in [0.1, 0.15) is 24.3 Å². The van der Waals surface area contributed by atoms with Crippen molar-refractivity contribution in [1.82, 2.24) is 24.2 Å². The van der Waals surface area contributed by atoms with Gasteiger partial charge in [0.2, 0.25) is 15.9 Å². The van der Waals surface area contributed by atoms with Crippen LogP contribution in [0.15, 0.2) is 42.7 Å². The Bertz CT molecular complexity index is 1360. The number of morpholine rings is 1. The van der Waals surface area contributed by atoms with E-state index in [0.717, 1.165) is 18.4 Å². The van der Waals surface area contributed by atoms with Crippen LogP contribution in [0.3, 0.4) is 0 Å². The smallest absolute Gasteiger partial charge is 0.255 e. The Morgan fingerprint density at radius 1 is 1.08 bits per heavy atom. The zero-order chi connectivity index (χ0) is 25.3. The fourth-order valence-corrected chi connectivity index (χ4v) is 5.55. The van der Waals surface area contributed by atoms with Crippen LogP contribution in [0.5, 0.6) is 5.88 Å². The fraction of sp³-hybridized carbons (Fsp3) is 0.440. The number of benzene rings is 1. The lowest BCUT2D eigenvalue weighted by Crippen LogP contribution is -2.48. The summed E-state index contributed by atoms with van der Waals surface area (Å²) in [6.45, 7) is 2.14. The molecule has 2 saturated heterocycles. The average Bonchev–Trinajstić information content (AvgIpc) is 2.89. The number of rotatable bonds is 6. The molecular formula is C25H29N5O5S. The van der Waals surface area contributed by atoms with Gasteiger partial charge in [-0.3, -0.25) is 9.78 Å². The molecule has 11 heteroatoms. The molecule has 0 bridgehead atoms. The van der Waals surface area contributed by atoms with Crippen LogP contribution in [0.2, 0.25) is 0 Å². The summed E-state index contributed by atoms with van der Waals surface area (Å²) in [7, 11) is -1.39. The molecule has 5 rings (SSSR count). The van der Waals surface area contributed by atoms with E-state index in [1.807, 2.05) is 18.2 Å². The Kier molecular flexibility index (Phi) is 6.87. The number of ether oxygens (including phenoxy) is 2. The number of sulfonamides is 1. The third kappa shape index (κ3) is 5.18. The fourth-order valence-electron chi connectivity index (χ4n) is 4.67. The van der Waals surface area contributed by atoms with Crippen LogP contribution in [-0.2, 0) is 19.6 Å². The predicted octanol–water partition coefficient (Wildman–Crippen LogP) is 2.07. The highest BCUT2D eigenvalue weighted by molar-refractivity contribution is 7.88. The van der Waals surface area contributed by atoms with E-state index in [-0.39, 0.29) is 12.5 Å². The summed E-state index contributed by atoms with van der Waals surface area (Å²) in [5, 5.41) is 0. The molecule has 36 heavy (non-hydrogen) atoms. The highest BCUT2D eigenvalue weighted by Gasteiger charge is 2.29. The summed E-state index contributed by atoms with van der Waals surface area (Å²) in [5.41, 5.74) is 3.93. The summed E-state index contributed by atoms with van der Waals surface area (Å²) >= 11 is 0.